The molecule has 70 heavy (non-hydrogen) atoms. The Morgan fingerprint density at radius 2 is 1.24 bits per heavy atom. The molecule has 2 heterocycles. The molecule has 22 heteroatoms. The fourth-order valence-electron chi connectivity index (χ4n) is 7.82. The lowest BCUT2D eigenvalue weighted by Crippen LogP contribution is -2.60. The average Bonchev–Trinajstić information content (AvgIpc) is 4.03. The summed E-state index contributed by atoms with van der Waals surface area (Å²) in [7, 11) is 0. The smallest absolute Gasteiger partial charge is 0.326 e. The van der Waals surface area contributed by atoms with Crippen LogP contribution in [0.4, 0.5) is 0 Å². The Morgan fingerprint density at radius 1 is 0.700 bits per heavy atom. The first-order chi connectivity index (χ1) is 33.5. The van der Waals surface area contributed by atoms with Crippen molar-refractivity contribution in [3.8, 4) is 11.5 Å². The molecule has 1 aliphatic heterocycles. The van der Waals surface area contributed by atoms with Crippen LogP contribution in [0.15, 0.2) is 84.0 Å². The van der Waals surface area contributed by atoms with Crippen LogP contribution >= 0.6 is 11.8 Å². The number of amides is 6. The quantitative estimate of drug-likeness (QED) is 0.0227. The molecule has 7 atom stereocenters. The molecule has 1 fully saturated rings. The maximum Gasteiger partial charge on any atom is 0.326 e. The van der Waals surface area contributed by atoms with E-state index in [-0.39, 0.29) is 68.4 Å². The van der Waals surface area contributed by atoms with Gasteiger partial charge in [0.15, 0.2) is 5.96 Å². The van der Waals surface area contributed by atoms with Crippen LogP contribution in [-0.4, -0.2) is 135 Å². The fraction of sp³-hybridized carbons (Fsp3) is 0.417. The third-order valence-electron chi connectivity index (χ3n) is 11.7. The number of nitrogens with one attached hydrogen (secondary N) is 8. The van der Waals surface area contributed by atoms with Crippen molar-refractivity contribution in [2.45, 2.75) is 101 Å². The predicted molar refractivity (Wildman–Crippen MR) is 264 cm³/mol. The number of H-pyrrole nitrogens is 1. The van der Waals surface area contributed by atoms with E-state index in [9.17, 15) is 48.9 Å². The van der Waals surface area contributed by atoms with Gasteiger partial charge in [0.25, 0.3) is 0 Å². The minimum Gasteiger partial charge on any atom is -0.508 e. The highest BCUT2D eigenvalue weighted by Crippen LogP contribution is 2.20. The number of phenols is 2. The van der Waals surface area contributed by atoms with Crippen LogP contribution in [0.25, 0.3) is 10.9 Å². The van der Waals surface area contributed by atoms with Crippen LogP contribution in [-0.2, 0) is 52.8 Å². The van der Waals surface area contributed by atoms with Crippen molar-refractivity contribution in [1.82, 2.24) is 42.2 Å². The number of carbonyl (C=O) groups excluding carboxylic acids is 6. The molecule has 0 spiro atoms. The molecule has 6 amide bonds. The van der Waals surface area contributed by atoms with Gasteiger partial charge in [-0.15, -0.1) is 0 Å². The number of nitrogens with zero attached hydrogens (tertiary/aromatic N) is 1. The first kappa shape index (κ1) is 53.6. The second-order valence-electron chi connectivity index (χ2n) is 17.1. The molecule has 0 saturated carbocycles. The lowest BCUT2D eigenvalue weighted by atomic mass is 10.0. The third-order valence-corrected chi connectivity index (χ3v) is 12.3. The Morgan fingerprint density at radius 3 is 1.83 bits per heavy atom. The minimum atomic E-state index is -1.37. The Hall–Kier alpha value is -7.33. The van der Waals surface area contributed by atoms with E-state index in [0.29, 0.717) is 35.4 Å². The Labute approximate surface area is 409 Å². The van der Waals surface area contributed by atoms with E-state index in [1.54, 1.807) is 36.7 Å². The lowest BCUT2D eigenvalue weighted by Gasteiger charge is -2.27. The van der Waals surface area contributed by atoms with Gasteiger partial charge < -0.3 is 69.0 Å². The molecule has 4 aromatic rings. The van der Waals surface area contributed by atoms with E-state index in [0.717, 1.165) is 17.3 Å². The van der Waals surface area contributed by atoms with Crippen LogP contribution in [0, 0.1) is 0 Å². The van der Waals surface area contributed by atoms with Crippen LogP contribution in [0.5, 0.6) is 11.5 Å². The minimum absolute atomic E-state index is 0.00812. The number of aliphatic carboxylic acids is 1. The van der Waals surface area contributed by atoms with Gasteiger partial charge in [-0.2, -0.15) is 11.8 Å². The summed E-state index contributed by atoms with van der Waals surface area (Å²) in [4.78, 5) is 103. The maximum atomic E-state index is 14.6. The summed E-state index contributed by atoms with van der Waals surface area (Å²) < 4.78 is 0. The second-order valence-corrected chi connectivity index (χ2v) is 18.0. The largest absolute Gasteiger partial charge is 0.508 e. The molecule has 0 bridgehead atoms. The molecule has 0 radical (unpaired) electrons. The number of nitrogens with two attached hydrogens (primary N) is 2. The summed E-state index contributed by atoms with van der Waals surface area (Å²) in [6.07, 6.45) is 5.01. The van der Waals surface area contributed by atoms with Gasteiger partial charge in [0.2, 0.25) is 35.4 Å². The number of carbonyl (C=O) groups is 7. The number of phenolic OH excluding ortho intramolecular Hbond substituents is 2. The summed E-state index contributed by atoms with van der Waals surface area (Å²) >= 11 is 1.40. The number of aromatic nitrogens is 1. The summed E-state index contributed by atoms with van der Waals surface area (Å²) in [5.74, 6) is -5.28. The molecule has 7 unspecified atom stereocenters. The second kappa shape index (κ2) is 26.4. The summed E-state index contributed by atoms with van der Waals surface area (Å²) in [5.41, 5.74) is 13.3. The lowest BCUT2D eigenvalue weighted by molar-refractivity contribution is -0.142. The fourth-order valence-corrected chi connectivity index (χ4v) is 8.29. The number of guanidine groups is 1. The monoisotopic (exact) mass is 985 g/mol. The van der Waals surface area contributed by atoms with Gasteiger partial charge in [-0.1, -0.05) is 42.5 Å². The van der Waals surface area contributed by atoms with E-state index >= 15 is 0 Å². The van der Waals surface area contributed by atoms with E-state index in [4.69, 9.17) is 11.5 Å². The number of aromatic amines is 1. The van der Waals surface area contributed by atoms with Gasteiger partial charge >= 0.3 is 5.97 Å². The highest BCUT2D eigenvalue weighted by Gasteiger charge is 2.34. The van der Waals surface area contributed by atoms with Gasteiger partial charge in [0, 0.05) is 42.9 Å². The van der Waals surface area contributed by atoms with Crippen molar-refractivity contribution < 1.29 is 48.9 Å². The van der Waals surface area contributed by atoms with E-state index in [1.807, 2.05) is 24.3 Å². The number of carboxylic acid groups (broad SMARTS) is 1. The zero-order valence-corrected chi connectivity index (χ0v) is 39.9. The van der Waals surface area contributed by atoms with Gasteiger partial charge in [-0.05, 0) is 105 Å². The predicted octanol–water partition coefficient (Wildman–Crippen LogP) is 0.179. The highest BCUT2D eigenvalue weighted by atomic mass is 32.2. The van der Waals surface area contributed by atoms with Crippen molar-refractivity contribution in [2.24, 2.45) is 16.5 Å². The number of carboxylic acids is 1. The van der Waals surface area contributed by atoms with Gasteiger partial charge in [0.05, 0.1) is 6.04 Å². The highest BCUT2D eigenvalue weighted by molar-refractivity contribution is 7.98. The molecule has 15 N–H and O–H groups in total. The summed E-state index contributed by atoms with van der Waals surface area (Å²) in [6.45, 7) is 2.19. The van der Waals surface area contributed by atoms with Crippen LogP contribution in [0.3, 0.4) is 0 Å². The third kappa shape index (κ3) is 16.4. The summed E-state index contributed by atoms with van der Waals surface area (Å²) in [5, 5.41) is 49.8. The first-order valence-electron chi connectivity index (χ1n) is 22.9. The number of aliphatic imine (C=N–C) groups is 1. The van der Waals surface area contributed by atoms with Crippen LogP contribution < -0.4 is 48.7 Å². The maximum absolute atomic E-state index is 14.6. The molecule has 1 aromatic heterocycles. The molecule has 5 rings (SSSR count). The topological polar surface area (TPSA) is 345 Å². The van der Waals surface area contributed by atoms with E-state index in [2.05, 4.69) is 47.2 Å². The molecule has 3 aromatic carbocycles. The number of aromatic hydroxyl groups is 2. The number of hydrogen-bond acceptors (Lipinski definition) is 12. The zero-order chi connectivity index (χ0) is 50.7. The van der Waals surface area contributed by atoms with E-state index < -0.39 is 77.8 Å². The number of rotatable bonds is 26. The first-order valence-corrected chi connectivity index (χ1v) is 24.3. The molecular formula is C48H63N11O10S. The van der Waals surface area contributed by atoms with Crippen LogP contribution in [0.2, 0.25) is 0 Å². The average molecular weight is 986 g/mol. The van der Waals surface area contributed by atoms with Crippen molar-refractivity contribution >= 4 is 70.0 Å². The standard InChI is InChI=1S/C48H63N11O10S/c1-27(54-44(65)38(23-28-11-15-31(60)16-12-28)58-42(63)35-9-5-20-51-35)41(62)57-39(24-29-13-17-32(61)18-14-29)45(66)59-40(25-30-26-53-34-8-4-3-7-33(30)34)46(67)55-36(19-22-70-2)43(64)56-37(47(68)69)10-6-21-52-48(49)50/h3-4,7-8,11-18,26-27,35-40,51,53,60-61H,5-6,9-10,19-25H2,1-2H3,(H,54,65)(H,55,67)(H,56,64)(H,57,62)(H,58,63)(H,59,66)(H,68,69)(H4,49,50,52). The van der Waals surface area contributed by atoms with E-state index in [1.165, 1.54) is 43.0 Å². The Kier molecular flexibility index (Phi) is 20.2. The number of thioether (sulfide) groups is 1. The van der Waals surface area contributed by atoms with Crippen molar-refractivity contribution in [1.29, 1.82) is 0 Å². The Bertz CT molecular complexity index is 2460. The molecule has 21 nitrogen and oxygen atoms in total. The number of fused-ring (bicyclic) bond motifs is 1. The number of para-hydroxylation sites is 1. The molecular weight excluding hydrogens is 923 g/mol. The van der Waals surface area contributed by atoms with Crippen LogP contribution in [0.1, 0.15) is 55.7 Å². The molecule has 376 valence electrons. The van der Waals surface area contributed by atoms with Crippen molar-refractivity contribution in [2.75, 3.05) is 25.1 Å². The molecule has 1 aliphatic rings. The molecule has 0 aliphatic carbocycles. The summed E-state index contributed by atoms with van der Waals surface area (Å²) in [6, 6.07) is 11.2. The van der Waals surface area contributed by atoms with Gasteiger partial charge in [0.1, 0.15) is 47.8 Å². The number of benzene rings is 3. The Balaban J connectivity index is 1.38. The molecule has 1 saturated heterocycles. The number of hydrogen-bond donors (Lipinski definition) is 13. The normalized spacial score (nSPS) is 15.8. The van der Waals surface area contributed by atoms with Gasteiger partial charge in [-0.3, -0.25) is 33.8 Å². The SMILES string of the molecule is CSCCC(NC(=O)C(Cc1c[nH]c2ccccc12)NC(=O)C(Cc1ccc(O)cc1)NC(=O)C(C)NC(=O)C(Cc1ccc(O)cc1)NC(=O)C1CCCN1)C(=O)NC(CCCN=C(N)N)C(=O)O. The zero-order valence-electron chi connectivity index (χ0n) is 39.0. The van der Waals surface area contributed by atoms with Gasteiger partial charge in [-0.25, -0.2) is 4.79 Å². The van der Waals surface area contributed by atoms with Crippen molar-refractivity contribution in [3.05, 3.63) is 95.7 Å². The van der Waals surface area contributed by atoms with Crippen molar-refractivity contribution in [3.63, 3.8) is 0 Å².